The van der Waals surface area contributed by atoms with Crippen LogP contribution >= 0.6 is 15.9 Å². The van der Waals surface area contributed by atoms with E-state index in [0.29, 0.717) is 5.56 Å². The number of nitriles is 1. The molecule has 3 heteroatoms. The lowest BCUT2D eigenvalue weighted by Gasteiger charge is -2.04. The third-order valence-corrected chi connectivity index (χ3v) is 2.90. The topological polar surface area (TPSA) is 40.9 Å². The zero-order chi connectivity index (χ0) is 10.7. The Labute approximate surface area is 91.7 Å². The van der Waals surface area contributed by atoms with Crippen molar-refractivity contribution >= 4 is 21.7 Å². The van der Waals surface area contributed by atoms with Crippen molar-refractivity contribution in [2.75, 3.05) is 0 Å². The van der Waals surface area contributed by atoms with E-state index in [1.54, 1.807) is 19.1 Å². The van der Waals surface area contributed by atoms with Crippen molar-refractivity contribution in [3.63, 3.8) is 0 Å². The number of Topliss-reactive ketones (excluding diaryl/α,β-unsaturated/α-hetero) is 1. The number of hydrogen-bond donors (Lipinski definition) is 0. The molecule has 0 fully saturated rings. The highest BCUT2D eigenvalue weighted by Gasteiger charge is 2.14. The van der Waals surface area contributed by atoms with Gasteiger partial charge in [0.1, 0.15) is 5.92 Å². The Kier molecular flexibility index (Phi) is 3.43. The van der Waals surface area contributed by atoms with Crippen LogP contribution in [-0.4, -0.2) is 5.78 Å². The molecule has 1 aromatic rings. The second kappa shape index (κ2) is 4.39. The Hall–Kier alpha value is -1.14. The summed E-state index contributed by atoms with van der Waals surface area (Å²) in [6, 6.07) is 7.30. The molecule has 72 valence electrons. The molecule has 1 rings (SSSR count). The Balaban J connectivity index is 3.04. The third-order valence-electron chi connectivity index (χ3n) is 2.04. The van der Waals surface area contributed by atoms with Gasteiger partial charge in [0.25, 0.3) is 0 Å². The fourth-order valence-electron chi connectivity index (χ4n) is 1.05. The molecule has 1 atom stereocenters. The highest BCUT2D eigenvalue weighted by molar-refractivity contribution is 9.10. The summed E-state index contributed by atoms with van der Waals surface area (Å²) in [5.74, 6) is -0.710. The number of carbonyl (C=O) groups excluding carboxylic acids is 1. The molecule has 0 aromatic heterocycles. The molecule has 0 saturated carbocycles. The molecule has 0 aliphatic rings. The van der Waals surface area contributed by atoms with Gasteiger partial charge in [-0.15, -0.1) is 0 Å². The monoisotopic (exact) mass is 251 g/mol. The molecular weight excluding hydrogens is 242 g/mol. The van der Waals surface area contributed by atoms with Gasteiger partial charge in [-0.25, -0.2) is 0 Å². The van der Waals surface area contributed by atoms with Crippen molar-refractivity contribution < 1.29 is 4.79 Å². The highest BCUT2D eigenvalue weighted by atomic mass is 79.9. The molecule has 0 radical (unpaired) electrons. The number of halogens is 1. The van der Waals surface area contributed by atoms with Crippen LogP contribution in [0.2, 0.25) is 0 Å². The number of benzene rings is 1. The van der Waals surface area contributed by atoms with Gasteiger partial charge < -0.3 is 0 Å². The summed E-state index contributed by atoms with van der Waals surface area (Å²) in [5.41, 5.74) is 1.66. The number of ketones is 1. The van der Waals surface area contributed by atoms with Crippen LogP contribution in [0.1, 0.15) is 22.8 Å². The van der Waals surface area contributed by atoms with Crippen molar-refractivity contribution in [3.8, 4) is 6.07 Å². The molecule has 0 spiro atoms. The smallest absolute Gasteiger partial charge is 0.179 e. The summed E-state index contributed by atoms with van der Waals surface area (Å²) in [6.07, 6.45) is 0. The molecule has 0 bridgehead atoms. The summed E-state index contributed by atoms with van der Waals surface area (Å²) in [4.78, 5) is 11.6. The lowest BCUT2D eigenvalue weighted by atomic mass is 10.00. The molecular formula is C11H10BrNO. The minimum Gasteiger partial charge on any atom is -0.293 e. The number of rotatable bonds is 2. The van der Waals surface area contributed by atoms with Crippen LogP contribution in [0.15, 0.2) is 22.7 Å². The van der Waals surface area contributed by atoms with Crippen LogP contribution in [-0.2, 0) is 0 Å². The number of nitrogens with zero attached hydrogens (tertiary/aromatic N) is 1. The molecule has 0 saturated heterocycles. The van der Waals surface area contributed by atoms with Crippen LogP contribution in [0.25, 0.3) is 0 Å². The lowest BCUT2D eigenvalue weighted by molar-refractivity contribution is 0.0956. The second-order valence-electron chi connectivity index (χ2n) is 3.18. The Morgan fingerprint density at radius 1 is 1.57 bits per heavy atom. The molecule has 0 aliphatic heterocycles. The predicted octanol–water partition coefficient (Wildman–Crippen LogP) is 3.10. The fourth-order valence-corrected chi connectivity index (χ4v) is 1.43. The van der Waals surface area contributed by atoms with Crippen LogP contribution < -0.4 is 0 Å². The van der Waals surface area contributed by atoms with Gasteiger partial charge in [0.05, 0.1) is 6.07 Å². The second-order valence-corrected chi connectivity index (χ2v) is 4.03. The SMILES string of the molecule is Cc1ccc(C(=O)C(C)C#N)cc1Br. The Morgan fingerprint density at radius 3 is 2.71 bits per heavy atom. The van der Waals surface area contributed by atoms with Crippen LogP contribution in [0, 0.1) is 24.2 Å². The van der Waals surface area contributed by atoms with E-state index in [9.17, 15) is 4.79 Å². The largest absolute Gasteiger partial charge is 0.293 e. The molecule has 0 heterocycles. The zero-order valence-corrected chi connectivity index (χ0v) is 9.63. The van der Waals surface area contributed by atoms with Crippen LogP contribution in [0.5, 0.6) is 0 Å². The summed E-state index contributed by atoms with van der Waals surface area (Å²) in [6.45, 7) is 3.56. The normalized spacial score (nSPS) is 11.9. The fraction of sp³-hybridized carbons (Fsp3) is 0.273. The van der Waals surface area contributed by atoms with E-state index in [0.717, 1.165) is 10.0 Å². The average Bonchev–Trinajstić information content (AvgIpc) is 2.20. The predicted molar refractivity (Wildman–Crippen MR) is 58.0 cm³/mol. The summed E-state index contributed by atoms with van der Waals surface area (Å²) in [7, 11) is 0. The maximum Gasteiger partial charge on any atom is 0.179 e. The molecule has 0 aliphatic carbocycles. The first kappa shape index (κ1) is 10.9. The van der Waals surface area contributed by atoms with E-state index in [-0.39, 0.29) is 5.78 Å². The first-order valence-electron chi connectivity index (χ1n) is 4.26. The summed E-state index contributed by atoms with van der Waals surface area (Å²) >= 11 is 3.35. The van der Waals surface area contributed by atoms with Gasteiger partial charge in [-0.05, 0) is 25.5 Å². The van der Waals surface area contributed by atoms with E-state index in [2.05, 4.69) is 15.9 Å². The quantitative estimate of drug-likeness (QED) is 0.759. The maximum atomic E-state index is 11.6. The Morgan fingerprint density at radius 2 is 2.21 bits per heavy atom. The highest BCUT2D eigenvalue weighted by Crippen LogP contribution is 2.19. The van der Waals surface area contributed by atoms with Gasteiger partial charge in [-0.1, -0.05) is 28.1 Å². The van der Waals surface area contributed by atoms with Crippen molar-refractivity contribution in [1.29, 1.82) is 5.26 Å². The first-order valence-corrected chi connectivity index (χ1v) is 5.05. The van der Waals surface area contributed by atoms with Crippen LogP contribution in [0.3, 0.4) is 0 Å². The Bertz CT molecular complexity index is 406. The van der Waals surface area contributed by atoms with Crippen molar-refractivity contribution in [1.82, 2.24) is 0 Å². The van der Waals surface area contributed by atoms with Crippen molar-refractivity contribution in [3.05, 3.63) is 33.8 Å². The molecule has 1 unspecified atom stereocenters. The zero-order valence-electron chi connectivity index (χ0n) is 8.04. The molecule has 14 heavy (non-hydrogen) atoms. The molecule has 1 aromatic carbocycles. The molecule has 0 N–H and O–H groups in total. The maximum absolute atomic E-state index is 11.6. The molecule has 0 amide bonds. The number of hydrogen-bond acceptors (Lipinski definition) is 2. The molecule has 2 nitrogen and oxygen atoms in total. The van der Waals surface area contributed by atoms with E-state index < -0.39 is 5.92 Å². The van der Waals surface area contributed by atoms with Gasteiger partial charge in [-0.2, -0.15) is 5.26 Å². The average molecular weight is 252 g/mol. The van der Waals surface area contributed by atoms with Gasteiger partial charge in [0.2, 0.25) is 0 Å². The minimum atomic E-state index is -0.579. The summed E-state index contributed by atoms with van der Waals surface area (Å²) < 4.78 is 0.897. The van der Waals surface area contributed by atoms with E-state index in [1.165, 1.54) is 0 Å². The minimum absolute atomic E-state index is 0.131. The van der Waals surface area contributed by atoms with Crippen molar-refractivity contribution in [2.24, 2.45) is 5.92 Å². The third kappa shape index (κ3) is 2.21. The first-order chi connectivity index (χ1) is 6.56. The summed E-state index contributed by atoms with van der Waals surface area (Å²) in [5, 5.41) is 8.61. The lowest BCUT2D eigenvalue weighted by Crippen LogP contribution is -2.08. The van der Waals surface area contributed by atoms with Crippen LogP contribution in [0.4, 0.5) is 0 Å². The van der Waals surface area contributed by atoms with Crippen molar-refractivity contribution in [2.45, 2.75) is 13.8 Å². The van der Waals surface area contributed by atoms with E-state index >= 15 is 0 Å². The standard InChI is InChI=1S/C11H10BrNO/c1-7-3-4-9(5-10(7)12)11(14)8(2)6-13/h3-5,8H,1-2H3. The van der Waals surface area contributed by atoms with Gasteiger partial charge in [0, 0.05) is 10.0 Å². The number of aryl methyl sites for hydroxylation is 1. The number of carbonyl (C=O) groups is 1. The van der Waals surface area contributed by atoms with E-state index in [1.807, 2.05) is 19.1 Å². The van der Waals surface area contributed by atoms with Gasteiger partial charge in [0.15, 0.2) is 5.78 Å². The van der Waals surface area contributed by atoms with E-state index in [4.69, 9.17) is 5.26 Å². The van der Waals surface area contributed by atoms with Gasteiger partial charge >= 0.3 is 0 Å². The van der Waals surface area contributed by atoms with Gasteiger partial charge in [-0.3, -0.25) is 4.79 Å².